The first-order valence-corrected chi connectivity index (χ1v) is 8.35. The van der Waals surface area contributed by atoms with E-state index >= 15 is 0 Å². The van der Waals surface area contributed by atoms with Crippen LogP contribution in [0.1, 0.15) is 16.1 Å². The van der Waals surface area contributed by atoms with Gasteiger partial charge in [0.1, 0.15) is 10.8 Å². The van der Waals surface area contributed by atoms with Crippen LogP contribution in [0.4, 0.5) is 10.1 Å². The molecule has 0 fully saturated rings. The molecular formula is C17H14FN3O2S. The van der Waals surface area contributed by atoms with Crippen LogP contribution in [0.5, 0.6) is 0 Å². The Morgan fingerprint density at radius 3 is 2.67 bits per heavy atom. The maximum absolute atomic E-state index is 13.7. The van der Waals surface area contributed by atoms with E-state index in [1.807, 2.05) is 6.26 Å². The van der Waals surface area contributed by atoms with Gasteiger partial charge in [0.2, 0.25) is 0 Å². The Hall–Kier alpha value is -2.67. The molecule has 0 spiro atoms. The normalized spacial score (nSPS) is 10.6. The number of para-hydroxylation sites is 1. The fourth-order valence-corrected chi connectivity index (χ4v) is 2.84. The van der Waals surface area contributed by atoms with Crippen LogP contribution < -0.4 is 5.32 Å². The largest absolute Gasteiger partial charge is 0.461 e. The first-order valence-electron chi connectivity index (χ1n) is 7.12. The van der Waals surface area contributed by atoms with Crippen molar-refractivity contribution in [3.8, 4) is 11.6 Å². The van der Waals surface area contributed by atoms with Gasteiger partial charge in [-0.05, 0) is 37.4 Å². The van der Waals surface area contributed by atoms with Gasteiger partial charge in [-0.3, -0.25) is 4.79 Å². The molecule has 0 saturated heterocycles. The minimum atomic E-state index is -0.498. The van der Waals surface area contributed by atoms with Gasteiger partial charge in [0.05, 0.1) is 23.2 Å². The molecule has 0 aliphatic heterocycles. The van der Waals surface area contributed by atoms with Crippen LogP contribution in [0.2, 0.25) is 0 Å². The molecule has 0 aliphatic rings. The molecule has 2 heterocycles. The zero-order chi connectivity index (χ0) is 17.1. The second kappa shape index (κ2) is 6.84. The van der Waals surface area contributed by atoms with Crippen molar-refractivity contribution in [3.63, 3.8) is 0 Å². The molecule has 1 aromatic carbocycles. The van der Waals surface area contributed by atoms with Crippen LogP contribution >= 0.6 is 11.8 Å². The number of thioether (sulfide) groups is 1. The summed E-state index contributed by atoms with van der Waals surface area (Å²) >= 11 is 1.32. The van der Waals surface area contributed by atoms with Gasteiger partial charge in [-0.15, -0.1) is 11.8 Å². The fraction of sp³-hybridized carbons (Fsp3) is 0.118. The number of carbonyl (C=O) groups excluding carboxylic acids is 1. The quantitative estimate of drug-likeness (QED) is 0.569. The summed E-state index contributed by atoms with van der Waals surface area (Å²) in [5.41, 5.74) is 0.930. The number of hydrogen-bond donors (Lipinski definition) is 1. The Morgan fingerprint density at radius 1 is 1.21 bits per heavy atom. The lowest BCUT2D eigenvalue weighted by molar-refractivity contribution is 0.102. The highest BCUT2D eigenvalue weighted by Crippen LogP contribution is 2.26. The van der Waals surface area contributed by atoms with Crippen LogP contribution in [0.25, 0.3) is 11.6 Å². The molecule has 0 aliphatic carbocycles. The molecule has 0 atom stereocenters. The third kappa shape index (κ3) is 3.16. The number of aryl methyl sites for hydroxylation is 1. The number of nitrogens with zero attached hydrogens (tertiary/aromatic N) is 2. The number of carbonyl (C=O) groups is 1. The van der Waals surface area contributed by atoms with E-state index in [1.165, 1.54) is 30.2 Å². The number of aromatic nitrogens is 2. The van der Waals surface area contributed by atoms with Crippen molar-refractivity contribution >= 4 is 23.4 Å². The maximum Gasteiger partial charge on any atom is 0.260 e. The molecule has 7 heteroatoms. The predicted octanol–water partition coefficient (Wildman–Crippen LogP) is 4.16. The number of rotatable bonds is 4. The Kier molecular flexibility index (Phi) is 4.61. The highest BCUT2D eigenvalue weighted by atomic mass is 32.2. The summed E-state index contributed by atoms with van der Waals surface area (Å²) in [6.45, 7) is 1.71. The van der Waals surface area contributed by atoms with E-state index in [1.54, 1.807) is 31.2 Å². The van der Waals surface area contributed by atoms with Crippen molar-refractivity contribution in [2.24, 2.45) is 0 Å². The third-order valence-electron chi connectivity index (χ3n) is 3.34. The molecule has 2 aromatic heterocycles. The predicted molar refractivity (Wildman–Crippen MR) is 90.6 cm³/mol. The van der Waals surface area contributed by atoms with Gasteiger partial charge >= 0.3 is 0 Å². The molecule has 3 rings (SSSR count). The number of hydrogen-bond acceptors (Lipinski definition) is 5. The highest BCUT2D eigenvalue weighted by molar-refractivity contribution is 7.98. The van der Waals surface area contributed by atoms with E-state index in [-0.39, 0.29) is 5.69 Å². The lowest BCUT2D eigenvalue weighted by Gasteiger charge is -2.12. The molecule has 122 valence electrons. The zero-order valence-electron chi connectivity index (χ0n) is 13.0. The molecule has 0 unspecified atom stereocenters. The topological polar surface area (TPSA) is 68.0 Å². The molecule has 1 amide bonds. The third-order valence-corrected chi connectivity index (χ3v) is 4.02. The van der Waals surface area contributed by atoms with Gasteiger partial charge in [0.15, 0.2) is 11.6 Å². The van der Waals surface area contributed by atoms with E-state index in [9.17, 15) is 9.18 Å². The molecule has 0 bridgehead atoms. The Balaban J connectivity index is 1.98. The van der Waals surface area contributed by atoms with Crippen LogP contribution in [0.3, 0.4) is 0 Å². The summed E-state index contributed by atoms with van der Waals surface area (Å²) in [5, 5.41) is 3.07. The average Bonchev–Trinajstić information content (AvgIpc) is 3.10. The molecule has 0 saturated carbocycles. The minimum absolute atomic E-state index is 0.115. The molecule has 24 heavy (non-hydrogen) atoms. The molecule has 3 aromatic rings. The van der Waals surface area contributed by atoms with E-state index < -0.39 is 11.7 Å². The number of amides is 1. The number of furan rings is 1. The van der Waals surface area contributed by atoms with Crippen LogP contribution in [-0.4, -0.2) is 22.1 Å². The monoisotopic (exact) mass is 343 g/mol. The van der Waals surface area contributed by atoms with Crippen molar-refractivity contribution < 1.29 is 13.6 Å². The summed E-state index contributed by atoms with van der Waals surface area (Å²) in [5.74, 6) is -0.0194. The Morgan fingerprint density at radius 2 is 2.00 bits per heavy atom. The number of anilines is 1. The van der Waals surface area contributed by atoms with Crippen LogP contribution in [0, 0.1) is 12.7 Å². The van der Waals surface area contributed by atoms with E-state index in [0.29, 0.717) is 27.9 Å². The van der Waals surface area contributed by atoms with Crippen molar-refractivity contribution in [1.82, 2.24) is 9.97 Å². The van der Waals surface area contributed by atoms with Crippen LogP contribution in [0.15, 0.2) is 52.1 Å². The van der Waals surface area contributed by atoms with Crippen LogP contribution in [-0.2, 0) is 0 Å². The van der Waals surface area contributed by atoms with E-state index in [2.05, 4.69) is 15.3 Å². The van der Waals surface area contributed by atoms with E-state index in [4.69, 9.17) is 4.42 Å². The summed E-state index contributed by atoms with van der Waals surface area (Å²) in [6.07, 6.45) is 3.35. The second-order valence-corrected chi connectivity index (χ2v) is 5.72. The summed E-state index contributed by atoms with van der Waals surface area (Å²) < 4.78 is 19.0. The molecule has 5 nitrogen and oxygen atoms in total. The van der Waals surface area contributed by atoms with Crippen molar-refractivity contribution in [2.75, 3.05) is 11.6 Å². The zero-order valence-corrected chi connectivity index (χ0v) is 13.9. The lowest BCUT2D eigenvalue weighted by Crippen LogP contribution is -2.17. The van der Waals surface area contributed by atoms with Gasteiger partial charge < -0.3 is 9.73 Å². The van der Waals surface area contributed by atoms with Crippen molar-refractivity contribution in [1.29, 1.82) is 0 Å². The first-order chi connectivity index (χ1) is 11.6. The summed E-state index contributed by atoms with van der Waals surface area (Å²) in [6, 6.07) is 9.49. The fourth-order valence-electron chi connectivity index (χ4n) is 2.22. The maximum atomic E-state index is 13.7. The molecular weight excluding hydrogens is 329 g/mol. The number of nitrogens with one attached hydrogen (secondary N) is 1. The minimum Gasteiger partial charge on any atom is -0.461 e. The van der Waals surface area contributed by atoms with Crippen molar-refractivity contribution in [2.45, 2.75) is 11.9 Å². The van der Waals surface area contributed by atoms with Gasteiger partial charge in [0.25, 0.3) is 5.91 Å². The van der Waals surface area contributed by atoms with Gasteiger partial charge in [-0.2, -0.15) is 0 Å². The number of halogens is 1. The summed E-state index contributed by atoms with van der Waals surface area (Å²) in [4.78, 5) is 21.3. The highest BCUT2D eigenvalue weighted by Gasteiger charge is 2.20. The Bertz CT molecular complexity index is 882. The van der Waals surface area contributed by atoms with E-state index in [0.717, 1.165) is 0 Å². The number of benzene rings is 1. The SMILES string of the molecule is CSc1nc(-c2ccco2)nc(C)c1C(=O)Nc1ccccc1F. The molecule has 1 N–H and O–H groups in total. The smallest absolute Gasteiger partial charge is 0.260 e. The standard InChI is InChI=1S/C17H14FN3O2S/c1-10-14(16(22)20-12-7-4-3-6-11(12)18)17(24-2)21-15(19-10)13-8-5-9-23-13/h3-9H,1-2H3,(H,20,22). The average molecular weight is 343 g/mol. The van der Waals surface area contributed by atoms with Gasteiger partial charge in [0, 0.05) is 0 Å². The molecule has 0 radical (unpaired) electrons. The van der Waals surface area contributed by atoms with Gasteiger partial charge in [-0.25, -0.2) is 14.4 Å². The summed E-state index contributed by atoms with van der Waals surface area (Å²) in [7, 11) is 0. The van der Waals surface area contributed by atoms with Crippen molar-refractivity contribution in [3.05, 3.63) is 59.7 Å². The first kappa shape index (κ1) is 16.2. The Labute approximate surface area is 142 Å². The second-order valence-electron chi connectivity index (χ2n) is 4.93. The lowest BCUT2D eigenvalue weighted by atomic mass is 10.2. The van der Waals surface area contributed by atoms with Gasteiger partial charge in [-0.1, -0.05) is 12.1 Å².